The first-order chi connectivity index (χ1) is 21.1. The van der Waals surface area contributed by atoms with E-state index < -0.39 is 24.2 Å². The molecule has 3 rings (SSSR count). The zero-order chi connectivity index (χ0) is 32.1. The topological polar surface area (TPSA) is 204 Å². The molecule has 3 amide bonds. The van der Waals surface area contributed by atoms with Gasteiger partial charge in [-0.15, -0.1) is 0 Å². The van der Waals surface area contributed by atoms with Crippen LogP contribution in [-0.4, -0.2) is 87.3 Å². The number of amides is 3. The third-order valence-corrected chi connectivity index (χ3v) is 8.79. The number of hydrogen-bond donors (Lipinski definition) is 7. The molecule has 0 aromatic heterocycles. The van der Waals surface area contributed by atoms with Crippen LogP contribution in [0.15, 0.2) is 29.3 Å². The molecule has 0 radical (unpaired) electrons. The van der Waals surface area contributed by atoms with Crippen molar-refractivity contribution in [2.75, 3.05) is 13.2 Å². The summed E-state index contributed by atoms with van der Waals surface area (Å²) in [5.74, 6) is -0.845. The van der Waals surface area contributed by atoms with E-state index in [0.29, 0.717) is 51.5 Å². The number of rotatable bonds is 17. The minimum absolute atomic E-state index is 0.0232. The number of carbonyl (C=O) groups excluding carboxylic acids is 3. The Bertz CT molecular complexity index is 1100. The number of nitrogens with one attached hydrogen (secondary N) is 2. The highest BCUT2D eigenvalue weighted by atomic mass is 16.3. The molecule has 0 bridgehead atoms. The van der Waals surface area contributed by atoms with E-state index in [1.165, 1.54) is 12.1 Å². The normalized spacial score (nSPS) is 22.5. The van der Waals surface area contributed by atoms with Crippen LogP contribution < -0.4 is 22.1 Å². The lowest BCUT2D eigenvalue weighted by Gasteiger charge is -2.37. The molecule has 1 aliphatic heterocycles. The fraction of sp³-hybridized carbons (Fsp3) is 0.688. The van der Waals surface area contributed by atoms with Gasteiger partial charge in [-0.25, -0.2) is 0 Å². The zero-order valence-electron chi connectivity index (χ0n) is 26.0. The number of aliphatic hydroxyl groups excluding tert-OH is 2. The maximum Gasteiger partial charge on any atom is 0.246 e. The highest BCUT2D eigenvalue weighted by Crippen LogP contribution is 2.40. The highest BCUT2D eigenvalue weighted by molar-refractivity contribution is 5.93. The van der Waals surface area contributed by atoms with Crippen molar-refractivity contribution in [3.05, 3.63) is 29.8 Å². The summed E-state index contributed by atoms with van der Waals surface area (Å²) in [5, 5.41) is 36.1. The number of aliphatic hydroxyl groups is 2. The Balaban J connectivity index is 1.80. The van der Waals surface area contributed by atoms with Crippen LogP contribution >= 0.6 is 0 Å². The predicted molar refractivity (Wildman–Crippen MR) is 168 cm³/mol. The Labute approximate surface area is 260 Å². The maximum atomic E-state index is 14.4. The van der Waals surface area contributed by atoms with Crippen molar-refractivity contribution in [2.45, 2.75) is 121 Å². The largest absolute Gasteiger partial charge is 0.508 e. The molecule has 1 aromatic rings. The minimum atomic E-state index is -0.927. The molecule has 12 heteroatoms. The van der Waals surface area contributed by atoms with Crippen LogP contribution in [0.2, 0.25) is 0 Å². The van der Waals surface area contributed by atoms with Gasteiger partial charge in [0.05, 0.1) is 18.8 Å². The molecule has 1 saturated heterocycles. The van der Waals surface area contributed by atoms with Crippen LogP contribution in [-0.2, 0) is 20.8 Å². The first kappa shape index (κ1) is 35.1. The molecule has 1 aromatic carbocycles. The number of carbonyl (C=O) groups is 3. The third-order valence-electron chi connectivity index (χ3n) is 8.79. The monoisotopic (exact) mass is 616 g/mol. The van der Waals surface area contributed by atoms with Crippen molar-refractivity contribution in [2.24, 2.45) is 22.4 Å². The molecule has 2 aliphatic rings. The van der Waals surface area contributed by atoms with Crippen LogP contribution in [0.25, 0.3) is 0 Å². The van der Waals surface area contributed by atoms with E-state index in [1.807, 2.05) is 0 Å². The van der Waals surface area contributed by atoms with Gasteiger partial charge in [-0.3, -0.25) is 19.4 Å². The fourth-order valence-electron chi connectivity index (χ4n) is 6.44. The molecule has 6 atom stereocenters. The third kappa shape index (κ3) is 10.7. The van der Waals surface area contributed by atoms with Crippen molar-refractivity contribution >= 4 is 23.7 Å². The van der Waals surface area contributed by atoms with Crippen molar-refractivity contribution in [1.82, 2.24) is 15.5 Å². The van der Waals surface area contributed by atoms with Gasteiger partial charge >= 0.3 is 0 Å². The van der Waals surface area contributed by atoms with Gasteiger partial charge in [0.25, 0.3) is 0 Å². The molecule has 2 unspecified atom stereocenters. The number of aliphatic imine (C=N–C) groups is 1. The molecule has 9 N–H and O–H groups in total. The number of benzene rings is 1. The molecule has 12 nitrogen and oxygen atoms in total. The first-order valence-corrected chi connectivity index (χ1v) is 16.2. The number of phenolic OH excluding ortho intramolecular Hbond substituents is 1. The average Bonchev–Trinajstić information content (AvgIpc) is 3.37. The van der Waals surface area contributed by atoms with E-state index >= 15 is 0 Å². The number of likely N-dealkylation sites (tertiary alicyclic amines) is 1. The standard InChI is InChI=1S/C32H52N6O6/c1-2-3-4-5-6-9-29(42)37-26(17-21-10-13-24(40)14-11-21)31(44)38-27-19-25(41)15-12-22(27)18-28(38)30(43)36-23(20-39)8-7-16-35-32(33)34/h10-11,13-14,22-23,25-28,39-41H,2-9,12,15-20H2,1H3,(H,36,43)(H,37,42)(H4,33,34,35)/t22-,23?,25?,26-,27-,28-/m0/s1. The first-order valence-electron chi connectivity index (χ1n) is 16.2. The second-order valence-electron chi connectivity index (χ2n) is 12.3. The summed E-state index contributed by atoms with van der Waals surface area (Å²) in [4.78, 5) is 46.7. The molecule has 2 fully saturated rings. The Morgan fingerprint density at radius 3 is 2.43 bits per heavy atom. The predicted octanol–water partition coefficient (Wildman–Crippen LogP) is 1.44. The van der Waals surface area contributed by atoms with Crippen LogP contribution in [0.1, 0.15) is 89.5 Å². The average molecular weight is 617 g/mol. The summed E-state index contributed by atoms with van der Waals surface area (Å²) in [5.41, 5.74) is 11.5. The van der Waals surface area contributed by atoms with Crippen LogP contribution in [0, 0.1) is 5.92 Å². The second kappa shape index (κ2) is 17.8. The van der Waals surface area contributed by atoms with E-state index in [0.717, 1.165) is 37.7 Å². The number of nitrogens with two attached hydrogens (primary N) is 2. The highest BCUT2D eigenvalue weighted by Gasteiger charge is 2.50. The summed E-state index contributed by atoms with van der Waals surface area (Å²) >= 11 is 0. The number of aromatic hydroxyl groups is 1. The van der Waals surface area contributed by atoms with Crippen molar-refractivity contribution in [3.8, 4) is 5.75 Å². The Hall–Kier alpha value is -3.38. The Kier molecular flexibility index (Phi) is 14.2. The van der Waals surface area contributed by atoms with Gasteiger partial charge in [0.1, 0.15) is 17.8 Å². The van der Waals surface area contributed by atoms with Crippen LogP contribution in [0.3, 0.4) is 0 Å². The molecular formula is C32H52N6O6. The van der Waals surface area contributed by atoms with E-state index in [2.05, 4.69) is 22.5 Å². The summed E-state index contributed by atoms with van der Waals surface area (Å²) < 4.78 is 0. The lowest BCUT2D eigenvalue weighted by atomic mass is 9.83. The summed E-state index contributed by atoms with van der Waals surface area (Å²) in [7, 11) is 0. The number of unbranched alkanes of at least 4 members (excludes halogenated alkanes) is 4. The van der Waals surface area contributed by atoms with E-state index in [1.54, 1.807) is 17.0 Å². The summed E-state index contributed by atoms with van der Waals surface area (Å²) in [6, 6.07) is 3.88. The Morgan fingerprint density at radius 2 is 1.75 bits per heavy atom. The van der Waals surface area contributed by atoms with Gasteiger partial charge in [0, 0.05) is 25.4 Å². The van der Waals surface area contributed by atoms with Crippen LogP contribution in [0.4, 0.5) is 0 Å². The number of guanidine groups is 1. The van der Waals surface area contributed by atoms with Crippen molar-refractivity contribution in [3.63, 3.8) is 0 Å². The lowest BCUT2D eigenvalue weighted by molar-refractivity contribution is -0.144. The van der Waals surface area contributed by atoms with E-state index in [4.69, 9.17) is 11.5 Å². The molecule has 44 heavy (non-hydrogen) atoms. The zero-order valence-corrected chi connectivity index (χ0v) is 26.0. The maximum absolute atomic E-state index is 14.4. The second-order valence-corrected chi connectivity index (χ2v) is 12.3. The number of nitrogens with zero attached hydrogens (tertiary/aromatic N) is 2. The molecule has 246 valence electrons. The summed E-state index contributed by atoms with van der Waals surface area (Å²) in [6.07, 6.45) is 7.94. The molecule has 0 spiro atoms. The number of phenols is 1. The van der Waals surface area contributed by atoms with E-state index in [-0.39, 0.29) is 54.4 Å². The van der Waals surface area contributed by atoms with Gasteiger partial charge in [-0.2, -0.15) is 0 Å². The molecule has 1 aliphatic carbocycles. The molecule has 1 saturated carbocycles. The van der Waals surface area contributed by atoms with Gasteiger partial charge in [0.2, 0.25) is 17.7 Å². The van der Waals surface area contributed by atoms with Crippen molar-refractivity contribution in [1.29, 1.82) is 0 Å². The Morgan fingerprint density at radius 1 is 1.02 bits per heavy atom. The number of hydrogen-bond acceptors (Lipinski definition) is 7. The molecular weight excluding hydrogens is 564 g/mol. The number of fused-ring (bicyclic) bond motifs is 1. The van der Waals surface area contributed by atoms with Gasteiger partial charge in [-0.1, -0.05) is 44.7 Å². The minimum Gasteiger partial charge on any atom is -0.508 e. The van der Waals surface area contributed by atoms with Gasteiger partial charge in [0.15, 0.2) is 5.96 Å². The SMILES string of the molecule is CCCCCCCC(=O)N[C@@H](Cc1ccc(O)cc1)C(=O)N1[C@H](C(=O)NC(CO)CCCN=C(N)N)C[C@@H]2CCC(O)C[C@@H]21. The quantitative estimate of drug-likeness (QED) is 0.0773. The van der Waals surface area contributed by atoms with Gasteiger partial charge in [-0.05, 0) is 68.6 Å². The smallest absolute Gasteiger partial charge is 0.246 e. The lowest BCUT2D eigenvalue weighted by Crippen LogP contribution is -2.58. The summed E-state index contributed by atoms with van der Waals surface area (Å²) in [6.45, 7) is 2.21. The van der Waals surface area contributed by atoms with Gasteiger partial charge < -0.3 is 42.3 Å². The van der Waals surface area contributed by atoms with E-state index in [9.17, 15) is 29.7 Å². The molecule has 1 heterocycles. The van der Waals surface area contributed by atoms with Crippen LogP contribution in [0.5, 0.6) is 5.75 Å². The fourth-order valence-corrected chi connectivity index (χ4v) is 6.44. The van der Waals surface area contributed by atoms with Crippen molar-refractivity contribution < 1.29 is 29.7 Å².